The van der Waals surface area contributed by atoms with Crippen molar-refractivity contribution in [3.63, 3.8) is 0 Å². The van der Waals surface area contributed by atoms with Crippen molar-refractivity contribution in [2.45, 2.75) is 30.7 Å². The molecule has 0 radical (unpaired) electrons. The Kier molecular flexibility index (Phi) is 2.68. The molecular formula is C30H22N3+. The van der Waals surface area contributed by atoms with Gasteiger partial charge in [-0.3, -0.25) is 5.41 Å². The molecule has 1 N–H and O–H groups in total. The summed E-state index contributed by atoms with van der Waals surface area (Å²) < 4.78 is 2.64. The minimum atomic E-state index is -0.256. The molecular weight excluding hydrogens is 402 g/mol. The summed E-state index contributed by atoms with van der Waals surface area (Å²) in [4.78, 5) is 2.17. The van der Waals surface area contributed by atoms with Gasteiger partial charge in [-0.2, -0.15) is 4.57 Å². The molecule has 5 aliphatic rings. The van der Waals surface area contributed by atoms with Crippen LogP contribution < -0.4 is 9.47 Å². The summed E-state index contributed by atoms with van der Waals surface area (Å²) in [5.74, 6) is 0.327. The Hall–Kier alpha value is -3.72. The first-order chi connectivity index (χ1) is 16.3. The summed E-state index contributed by atoms with van der Waals surface area (Å²) in [6, 6.07) is 23.1. The second kappa shape index (κ2) is 5.26. The maximum Gasteiger partial charge on any atom is 0.239 e. The number of hydrogen-bond acceptors (Lipinski definition) is 1. The third kappa shape index (κ3) is 1.67. The third-order valence-corrected chi connectivity index (χ3v) is 9.06. The Labute approximate surface area is 192 Å². The topological polar surface area (TPSA) is 31.0 Å². The Bertz CT molecular complexity index is 1600. The molecule has 2 aliphatic heterocycles. The van der Waals surface area contributed by atoms with E-state index in [-0.39, 0.29) is 5.54 Å². The second-order valence-corrected chi connectivity index (χ2v) is 10.3. The van der Waals surface area contributed by atoms with E-state index in [0.717, 1.165) is 25.8 Å². The number of pyridine rings is 1. The fourth-order valence-electron chi connectivity index (χ4n) is 8.08. The lowest BCUT2D eigenvalue weighted by Gasteiger charge is -2.45. The second-order valence-electron chi connectivity index (χ2n) is 10.3. The van der Waals surface area contributed by atoms with Gasteiger partial charge in [-0.1, -0.05) is 42.5 Å². The van der Waals surface area contributed by atoms with E-state index in [0.29, 0.717) is 5.92 Å². The molecule has 1 spiro atoms. The molecule has 9 rings (SSSR count). The predicted molar refractivity (Wildman–Crippen MR) is 128 cm³/mol. The van der Waals surface area contributed by atoms with Gasteiger partial charge < -0.3 is 4.90 Å². The van der Waals surface area contributed by atoms with E-state index in [1.54, 1.807) is 11.1 Å². The van der Waals surface area contributed by atoms with E-state index in [4.69, 9.17) is 5.41 Å². The molecule has 0 bridgehead atoms. The zero-order chi connectivity index (χ0) is 21.5. The molecule has 3 heteroatoms. The lowest BCUT2D eigenvalue weighted by molar-refractivity contribution is -0.750. The highest BCUT2D eigenvalue weighted by atomic mass is 15.2. The lowest BCUT2D eigenvalue weighted by Crippen LogP contribution is -2.67. The Morgan fingerprint density at radius 3 is 2.30 bits per heavy atom. The fourth-order valence-corrected chi connectivity index (χ4v) is 8.08. The van der Waals surface area contributed by atoms with Crippen LogP contribution in [-0.2, 0) is 24.8 Å². The zero-order valence-electron chi connectivity index (χ0n) is 18.2. The molecule has 0 saturated carbocycles. The van der Waals surface area contributed by atoms with Gasteiger partial charge in [-0.15, -0.1) is 0 Å². The fraction of sp³-hybridized carbons (Fsp3) is 0.200. The number of benzene rings is 3. The van der Waals surface area contributed by atoms with Crippen molar-refractivity contribution in [1.82, 2.24) is 0 Å². The van der Waals surface area contributed by atoms with Crippen molar-refractivity contribution in [2.75, 3.05) is 11.4 Å². The first-order valence-electron chi connectivity index (χ1n) is 12.0. The average molecular weight is 425 g/mol. The van der Waals surface area contributed by atoms with Gasteiger partial charge >= 0.3 is 0 Å². The van der Waals surface area contributed by atoms with Crippen LogP contribution in [0.5, 0.6) is 0 Å². The first-order valence-corrected chi connectivity index (χ1v) is 12.0. The molecule has 3 aromatic carbocycles. The van der Waals surface area contributed by atoms with Crippen LogP contribution in [0.4, 0.5) is 5.69 Å². The van der Waals surface area contributed by atoms with Gasteiger partial charge in [0.05, 0.1) is 30.1 Å². The molecule has 33 heavy (non-hydrogen) atoms. The monoisotopic (exact) mass is 424 g/mol. The molecule has 2 unspecified atom stereocenters. The normalized spacial score (nSPS) is 23.2. The largest absolute Gasteiger partial charge is 0.325 e. The van der Waals surface area contributed by atoms with Gasteiger partial charge in [-0.25, -0.2) is 0 Å². The molecule has 3 aliphatic carbocycles. The summed E-state index contributed by atoms with van der Waals surface area (Å²) >= 11 is 0. The van der Waals surface area contributed by atoms with Crippen LogP contribution >= 0.6 is 0 Å². The first kappa shape index (κ1) is 16.8. The third-order valence-electron chi connectivity index (χ3n) is 9.06. The van der Waals surface area contributed by atoms with Crippen LogP contribution in [-0.4, -0.2) is 12.9 Å². The number of nitrogens with zero attached hydrogens (tertiary/aromatic N) is 2. The highest BCUT2D eigenvalue weighted by molar-refractivity contribution is 5.86. The molecule has 1 aromatic heterocycles. The van der Waals surface area contributed by atoms with Crippen LogP contribution in [0.1, 0.15) is 67.2 Å². The van der Waals surface area contributed by atoms with Gasteiger partial charge in [0.1, 0.15) is 0 Å². The molecule has 3 heterocycles. The van der Waals surface area contributed by atoms with Crippen LogP contribution in [0.15, 0.2) is 66.9 Å². The number of rotatable bonds is 1. The van der Waals surface area contributed by atoms with Crippen molar-refractivity contribution in [3.05, 3.63) is 128 Å². The molecule has 2 atom stereocenters. The van der Waals surface area contributed by atoms with Gasteiger partial charge in [0, 0.05) is 23.6 Å². The summed E-state index contributed by atoms with van der Waals surface area (Å²) in [5, 5.41) is 8.26. The Morgan fingerprint density at radius 2 is 1.42 bits per heavy atom. The van der Waals surface area contributed by atoms with E-state index >= 15 is 0 Å². The molecule has 0 saturated heterocycles. The standard InChI is InChI=1S/C30H22N3/c31-16-32-15-30-27-20(6-2-8-23(27)32)14-21-10-9-19-12-17-4-1-5-18-13-22-7-3-11-33(30)29(22)26(24(17)18)25(19)28(21)30/h1-11,16,26,31H,12-15H2/q+1. The van der Waals surface area contributed by atoms with Gasteiger partial charge in [-0.05, 0) is 63.9 Å². The van der Waals surface area contributed by atoms with Crippen molar-refractivity contribution in [2.24, 2.45) is 0 Å². The Morgan fingerprint density at radius 1 is 0.758 bits per heavy atom. The molecule has 3 nitrogen and oxygen atoms in total. The number of hydrogen-bond donors (Lipinski definition) is 1. The van der Waals surface area contributed by atoms with Crippen molar-refractivity contribution < 1.29 is 4.57 Å². The van der Waals surface area contributed by atoms with Gasteiger partial charge in [0.2, 0.25) is 5.54 Å². The maximum atomic E-state index is 8.26. The predicted octanol–water partition coefficient (Wildman–Crippen LogP) is 4.40. The van der Waals surface area contributed by atoms with Gasteiger partial charge in [0.25, 0.3) is 0 Å². The zero-order valence-corrected chi connectivity index (χ0v) is 18.2. The van der Waals surface area contributed by atoms with E-state index in [9.17, 15) is 0 Å². The molecule has 0 amide bonds. The van der Waals surface area contributed by atoms with Crippen molar-refractivity contribution >= 4 is 12.0 Å². The summed E-state index contributed by atoms with van der Waals surface area (Å²) in [5.41, 5.74) is 17.4. The van der Waals surface area contributed by atoms with E-state index < -0.39 is 0 Å². The van der Waals surface area contributed by atoms with E-state index in [1.807, 2.05) is 0 Å². The highest BCUT2D eigenvalue weighted by Gasteiger charge is 2.63. The number of nitrogens with one attached hydrogen (secondary N) is 1. The van der Waals surface area contributed by atoms with Crippen molar-refractivity contribution in [3.8, 4) is 0 Å². The number of anilines is 1. The van der Waals surface area contributed by atoms with Gasteiger partial charge in [0.15, 0.2) is 11.9 Å². The summed E-state index contributed by atoms with van der Waals surface area (Å²) in [7, 11) is 0. The maximum absolute atomic E-state index is 8.26. The van der Waals surface area contributed by atoms with Crippen LogP contribution in [0.25, 0.3) is 0 Å². The molecule has 4 aromatic rings. The highest BCUT2D eigenvalue weighted by Crippen LogP contribution is 2.58. The SMILES string of the molecule is N=CN1CC23c4c(cccc41)Cc1ccc4c(c12)C1c2c(cccc2Cc2ccc[n+]3c21)C4. The average Bonchev–Trinajstić information content (AvgIpc) is 3.19. The van der Waals surface area contributed by atoms with Crippen molar-refractivity contribution in [1.29, 1.82) is 5.41 Å². The number of aromatic nitrogens is 1. The Balaban J connectivity index is 1.51. The summed E-state index contributed by atoms with van der Waals surface area (Å²) in [6.45, 7) is 0.800. The van der Waals surface area contributed by atoms with E-state index in [1.165, 1.54) is 62.2 Å². The van der Waals surface area contributed by atoms with E-state index in [2.05, 4.69) is 76.3 Å². The van der Waals surface area contributed by atoms with Crippen LogP contribution in [0.3, 0.4) is 0 Å². The minimum absolute atomic E-state index is 0.256. The molecule has 0 fully saturated rings. The quantitative estimate of drug-likeness (QED) is 0.237. The van der Waals surface area contributed by atoms with Crippen LogP contribution in [0, 0.1) is 5.41 Å². The van der Waals surface area contributed by atoms with Crippen LogP contribution in [0.2, 0.25) is 0 Å². The lowest BCUT2D eigenvalue weighted by atomic mass is 9.60. The summed E-state index contributed by atoms with van der Waals surface area (Å²) in [6.07, 6.45) is 6.89. The minimum Gasteiger partial charge on any atom is -0.325 e. The smallest absolute Gasteiger partial charge is 0.239 e. The molecule has 156 valence electrons.